The number of carbonyl (C=O) groups is 1. The van der Waals surface area contributed by atoms with Gasteiger partial charge in [0.05, 0.1) is 15.5 Å². The van der Waals surface area contributed by atoms with Crippen molar-refractivity contribution >= 4 is 40.3 Å². The maximum Gasteiger partial charge on any atom is 0.273 e. The van der Waals surface area contributed by atoms with E-state index in [0.29, 0.717) is 21.2 Å². The standard InChI is InChI=1S/C21H21N3O3S/c1-12(2)16-9-8-15(10-17(16)24(26)27)11-18-20(25)23-21(28-18)22-19-13(3)6-5-7-14(19)4/h5-12H,1-4H3,(H,22,23,25)/b18-11-. The van der Waals surface area contributed by atoms with E-state index < -0.39 is 0 Å². The minimum absolute atomic E-state index is 0.0438. The third kappa shape index (κ3) is 4.14. The number of aryl methyl sites for hydroxylation is 2. The number of benzene rings is 2. The maximum atomic E-state index is 12.3. The van der Waals surface area contributed by atoms with E-state index in [2.05, 4.69) is 10.3 Å². The number of nitrogens with zero attached hydrogens (tertiary/aromatic N) is 2. The molecule has 0 atom stereocenters. The summed E-state index contributed by atoms with van der Waals surface area (Å²) in [6.07, 6.45) is 1.66. The van der Waals surface area contributed by atoms with Crippen molar-refractivity contribution in [1.29, 1.82) is 0 Å². The molecule has 2 aromatic rings. The molecule has 7 heteroatoms. The van der Waals surface area contributed by atoms with Gasteiger partial charge in [-0.1, -0.05) is 44.2 Å². The van der Waals surface area contributed by atoms with Gasteiger partial charge in [-0.05, 0) is 54.3 Å². The van der Waals surface area contributed by atoms with Crippen molar-refractivity contribution in [2.75, 3.05) is 0 Å². The van der Waals surface area contributed by atoms with Crippen LogP contribution in [0.3, 0.4) is 0 Å². The van der Waals surface area contributed by atoms with Crippen molar-refractivity contribution in [2.45, 2.75) is 33.6 Å². The normalized spacial score (nSPS) is 16.8. The Morgan fingerprint density at radius 1 is 1.18 bits per heavy atom. The Hall–Kier alpha value is -2.93. The average molecular weight is 395 g/mol. The first-order valence-electron chi connectivity index (χ1n) is 8.90. The summed E-state index contributed by atoms with van der Waals surface area (Å²) in [5, 5.41) is 14.6. The Morgan fingerprint density at radius 3 is 2.46 bits per heavy atom. The van der Waals surface area contributed by atoms with E-state index in [0.717, 1.165) is 16.8 Å². The van der Waals surface area contributed by atoms with Gasteiger partial charge in [0.15, 0.2) is 5.17 Å². The number of thioether (sulfide) groups is 1. The number of nitro benzene ring substituents is 1. The van der Waals surface area contributed by atoms with Crippen LogP contribution in [0.1, 0.15) is 42.0 Å². The largest absolute Gasteiger partial charge is 0.300 e. The third-order valence-electron chi connectivity index (χ3n) is 4.47. The summed E-state index contributed by atoms with van der Waals surface area (Å²) in [7, 11) is 0. The number of amides is 1. The van der Waals surface area contributed by atoms with Crippen molar-refractivity contribution in [3.63, 3.8) is 0 Å². The fourth-order valence-electron chi connectivity index (χ4n) is 3.01. The second-order valence-corrected chi connectivity index (χ2v) is 7.98. The second kappa shape index (κ2) is 7.98. The summed E-state index contributed by atoms with van der Waals surface area (Å²) in [6.45, 7) is 7.77. The monoisotopic (exact) mass is 395 g/mol. The van der Waals surface area contributed by atoms with Crippen molar-refractivity contribution in [3.8, 4) is 0 Å². The molecule has 3 rings (SSSR count). The zero-order valence-electron chi connectivity index (χ0n) is 16.1. The molecule has 1 N–H and O–H groups in total. The molecule has 0 unspecified atom stereocenters. The van der Waals surface area contributed by atoms with Gasteiger partial charge in [0.1, 0.15) is 0 Å². The Kier molecular flexibility index (Phi) is 5.65. The topological polar surface area (TPSA) is 84.6 Å². The number of para-hydroxylation sites is 1. The van der Waals surface area contributed by atoms with E-state index in [4.69, 9.17) is 0 Å². The van der Waals surface area contributed by atoms with Crippen LogP contribution in [-0.2, 0) is 4.79 Å². The quantitative estimate of drug-likeness (QED) is 0.436. The minimum atomic E-state index is -0.382. The Bertz CT molecular complexity index is 1010. The summed E-state index contributed by atoms with van der Waals surface area (Å²) in [5.74, 6) is -0.215. The molecule has 0 radical (unpaired) electrons. The number of aliphatic imine (C=N–C) groups is 1. The zero-order valence-corrected chi connectivity index (χ0v) is 17.0. The molecular weight excluding hydrogens is 374 g/mol. The first-order valence-corrected chi connectivity index (χ1v) is 9.72. The molecule has 1 saturated heterocycles. The lowest BCUT2D eigenvalue weighted by Gasteiger charge is -2.07. The number of hydrogen-bond donors (Lipinski definition) is 1. The highest BCUT2D eigenvalue weighted by Crippen LogP contribution is 2.32. The number of nitro groups is 1. The van der Waals surface area contributed by atoms with Crippen LogP contribution >= 0.6 is 11.8 Å². The highest BCUT2D eigenvalue weighted by molar-refractivity contribution is 8.18. The van der Waals surface area contributed by atoms with Crippen LogP contribution in [0, 0.1) is 24.0 Å². The third-order valence-corrected chi connectivity index (χ3v) is 5.38. The van der Waals surface area contributed by atoms with Gasteiger partial charge in [-0.3, -0.25) is 14.9 Å². The van der Waals surface area contributed by atoms with Gasteiger partial charge in [0.25, 0.3) is 11.6 Å². The lowest BCUT2D eigenvalue weighted by Crippen LogP contribution is -2.19. The molecule has 0 bridgehead atoms. The molecule has 0 spiro atoms. The van der Waals surface area contributed by atoms with Crippen LogP contribution in [-0.4, -0.2) is 16.0 Å². The summed E-state index contributed by atoms with van der Waals surface area (Å²) >= 11 is 1.23. The van der Waals surface area contributed by atoms with Crippen molar-refractivity contribution in [2.24, 2.45) is 4.99 Å². The molecule has 1 aliphatic heterocycles. The van der Waals surface area contributed by atoms with Gasteiger partial charge in [0, 0.05) is 11.6 Å². The number of hydrogen-bond acceptors (Lipinski definition) is 5. The van der Waals surface area contributed by atoms with Crippen LogP contribution in [0.15, 0.2) is 46.3 Å². The summed E-state index contributed by atoms with van der Waals surface area (Å²) in [6, 6.07) is 11.0. The molecule has 6 nitrogen and oxygen atoms in total. The number of carbonyl (C=O) groups excluding carboxylic acids is 1. The lowest BCUT2D eigenvalue weighted by atomic mass is 9.99. The summed E-state index contributed by atoms with van der Waals surface area (Å²) < 4.78 is 0. The molecule has 1 aliphatic rings. The minimum Gasteiger partial charge on any atom is -0.300 e. The highest BCUT2D eigenvalue weighted by Gasteiger charge is 2.25. The molecule has 0 aliphatic carbocycles. The second-order valence-electron chi connectivity index (χ2n) is 6.95. The van der Waals surface area contributed by atoms with E-state index in [-0.39, 0.29) is 22.4 Å². The summed E-state index contributed by atoms with van der Waals surface area (Å²) in [4.78, 5) is 28.4. The number of nitrogens with one attached hydrogen (secondary N) is 1. The summed E-state index contributed by atoms with van der Waals surface area (Å²) in [5.41, 5.74) is 4.25. The molecule has 0 saturated carbocycles. The van der Waals surface area contributed by atoms with Crippen LogP contribution in [0.25, 0.3) is 6.08 Å². The zero-order chi connectivity index (χ0) is 20.4. The van der Waals surface area contributed by atoms with E-state index >= 15 is 0 Å². The van der Waals surface area contributed by atoms with E-state index in [1.807, 2.05) is 45.9 Å². The van der Waals surface area contributed by atoms with Crippen LogP contribution in [0.5, 0.6) is 0 Å². The number of rotatable bonds is 4. The van der Waals surface area contributed by atoms with Gasteiger partial charge in [-0.15, -0.1) is 0 Å². The van der Waals surface area contributed by atoms with E-state index in [1.54, 1.807) is 18.2 Å². The molecule has 28 heavy (non-hydrogen) atoms. The molecule has 0 aromatic heterocycles. The Labute approximate surface area is 167 Å². The maximum absolute atomic E-state index is 12.3. The van der Waals surface area contributed by atoms with E-state index in [1.165, 1.54) is 17.8 Å². The first-order chi connectivity index (χ1) is 13.3. The lowest BCUT2D eigenvalue weighted by molar-refractivity contribution is -0.385. The molecule has 1 heterocycles. The van der Waals surface area contributed by atoms with E-state index in [9.17, 15) is 14.9 Å². The molecule has 144 valence electrons. The molecule has 2 aromatic carbocycles. The van der Waals surface area contributed by atoms with Crippen LogP contribution < -0.4 is 5.32 Å². The van der Waals surface area contributed by atoms with Gasteiger partial charge in [-0.2, -0.15) is 0 Å². The van der Waals surface area contributed by atoms with Crippen molar-refractivity contribution < 1.29 is 9.72 Å². The molecule has 1 fully saturated rings. The van der Waals surface area contributed by atoms with Crippen LogP contribution in [0.4, 0.5) is 11.4 Å². The smallest absolute Gasteiger partial charge is 0.273 e. The fraction of sp³-hybridized carbons (Fsp3) is 0.238. The fourth-order valence-corrected chi connectivity index (χ4v) is 3.84. The average Bonchev–Trinajstić information content (AvgIpc) is 2.97. The number of amidine groups is 1. The SMILES string of the molecule is Cc1cccc(C)c1N=C1NC(=O)/C(=C/c2ccc(C(C)C)c([N+](=O)[O-])c2)S1. The van der Waals surface area contributed by atoms with Gasteiger partial charge >= 0.3 is 0 Å². The molecular formula is C21H21N3O3S. The Balaban J connectivity index is 1.92. The first kappa shape index (κ1) is 19.8. The predicted molar refractivity (Wildman–Crippen MR) is 114 cm³/mol. The van der Waals surface area contributed by atoms with Crippen molar-refractivity contribution in [3.05, 3.63) is 73.7 Å². The van der Waals surface area contributed by atoms with Crippen molar-refractivity contribution in [1.82, 2.24) is 5.32 Å². The van der Waals surface area contributed by atoms with Crippen LogP contribution in [0.2, 0.25) is 0 Å². The van der Waals surface area contributed by atoms with Gasteiger partial charge in [0.2, 0.25) is 0 Å². The van der Waals surface area contributed by atoms with Gasteiger partial charge < -0.3 is 5.32 Å². The Morgan fingerprint density at radius 2 is 1.86 bits per heavy atom. The highest BCUT2D eigenvalue weighted by atomic mass is 32.2. The predicted octanol–water partition coefficient (Wildman–Crippen LogP) is 5.23. The van der Waals surface area contributed by atoms with Gasteiger partial charge in [-0.25, -0.2) is 4.99 Å². The molecule has 1 amide bonds.